The third kappa shape index (κ3) is 5.42. The standard InChI is InChI=1S/C16H15ClN2O2S/c17-12-3-1-11(2-4-12)9-16(21)19-13-5-7-14(8-6-13)22-10-15(18)20/h1-8H,9-10H2,(H2,18,20)(H,19,21). The second-order valence-corrected chi connectivity index (χ2v) is 6.12. The molecule has 0 heterocycles. The van der Waals surface area contributed by atoms with Gasteiger partial charge < -0.3 is 11.1 Å². The van der Waals surface area contributed by atoms with Crippen LogP contribution in [-0.4, -0.2) is 17.6 Å². The van der Waals surface area contributed by atoms with Crippen LogP contribution in [0.25, 0.3) is 0 Å². The second kappa shape index (κ2) is 7.87. The predicted molar refractivity (Wildman–Crippen MR) is 90.1 cm³/mol. The Labute approximate surface area is 138 Å². The molecule has 4 nitrogen and oxygen atoms in total. The van der Waals surface area contributed by atoms with Gasteiger partial charge in [-0.25, -0.2) is 0 Å². The van der Waals surface area contributed by atoms with E-state index in [9.17, 15) is 9.59 Å². The summed E-state index contributed by atoms with van der Waals surface area (Å²) in [7, 11) is 0. The van der Waals surface area contributed by atoms with Crippen LogP contribution >= 0.6 is 23.4 Å². The SMILES string of the molecule is NC(=O)CSc1ccc(NC(=O)Cc2ccc(Cl)cc2)cc1. The lowest BCUT2D eigenvalue weighted by atomic mass is 10.1. The zero-order valence-corrected chi connectivity index (χ0v) is 13.3. The van der Waals surface area contributed by atoms with E-state index in [4.69, 9.17) is 17.3 Å². The first-order valence-electron chi connectivity index (χ1n) is 6.58. The predicted octanol–water partition coefficient (Wildman–Crippen LogP) is 3.10. The normalized spacial score (nSPS) is 10.2. The van der Waals surface area contributed by atoms with Crippen molar-refractivity contribution in [1.29, 1.82) is 0 Å². The van der Waals surface area contributed by atoms with Gasteiger partial charge in [0.25, 0.3) is 0 Å². The summed E-state index contributed by atoms with van der Waals surface area (Å²) in [6.07, 6.45) is 0.287. The lowest BCUT2D eigenvalue weighted by Crippen LogP contribution is -2.14. The molecule has 0 radical (unpaired) electrons. The number of carbonyl (C=O) groups is 2. The van der Waals surface area contributed by atoms with Gasteiger partial charge in [-0.2, -0.15) is 0 Å². The molecule has 3 N–H and O–H groups in total. The maximum absolute atomic E-state index is 12.0. The van der Waals surface area contributed by atoms with E-state index in [1.807, 2.05) is 24.3 Å². The van der Waals surface area contributed by atoms with Gasteiger partial charge in [-0.1, -0.05) is 23.7 Å². The van der Waals surface area contributed by atoms with Gasteiger partial charge in [0.05, 0.1) is 12.2 Å². The number of nitrogens with two attached hydrogens (primary N) is 1. The molecular weight excluding hydrogens is 320 g/mol. The zero-order chi connectivity index (χ0) is 15.9. The summed E-state index contributed by atoms with van der Waals surface area (Å²) in [5.41, 5.74) is 6.70. The number of anilines is 1. The van der Waals surface area contributed by atoms with Crippen molar-refractivity contribution >= 4 is 40.9 Å². The van der Waals surface area contributed by atoms with Crippen molar-refractivity contribution in [3.63, 3.8) is 0 Å². The number of hydrogen-bond donors (Lipinski definition) is 2. The van der Waals surface area contributed by atoms with Gasteiger partial charge in [-0.05, 0) is 42.0 Å². The fraction of sp³-hybridized carbons (Fsp3) is 0.125. The number of carbonyl (C=O) groups excluding carboxylic acids is 2. The van der Waals surface area contributed by atoms with Crippen LogP contribution in [-0.2, 0) is 16.0 Å². The molecule has 0 atom stereocenters. The van der Waals surface area contributed by atoms with Crippen molar-refractivity contribution in [2.45, 2.75) is 11.3 Å². The van der Waals surface area contributed by atoms with Crippen molar-refractivity contribution in [2.75, 3.05) is 11.1 Å². The molecule has 0 fully saturated rings. The lowest BCUT2D eigenvalue weighted by Gasteiger charge is -2.06. The number of halogens is 1. The average molecular weight is 335 g/mol. The molecule has 0 saturated carbocycles. The molecule has 22 heavy (non-hydrogen) atoms. The fourth-order valence-electron chi connectivity index (χ4n) is 1.78. The Kier molecular flexibility index (Phi) is 5.86. The van der Waals surface area contributed by atoms with Crippen LogP contribution in [0.5, 0.6) is 0 Å². The van der Waals surface area contributed by atoms with Gasteiger partial charge in [0.1, 0.15) is 0 Å². The fourth-order valence-corrected chi connectivity index (χ4v) is 2.55. The molecule has 0 spiro atoms. The second-order valence-electron chi connectivity index (χ2n) is 4.63. The van der Waals surface area contributed by atoms with E-state index in [0.717, 1.165) is 10.5 Å². The van der Waals surface area contributed by atoms with Crippen LogP contribution in [0, 0.1) is 0 Å². The topological polar surface area (TPSA) is 72.2 Å². The summed E-state index contributed by atoms with van der Waals surface area (Å²) in [5, 5.41) is 3.47. The van der Waals surface area contributed by atoms with Crippen LogP contribution in [0.1, 0.15) is 5.56 Å². The lowest BCUT2D eigenvalue weighted by molar-refractivity contribution is -0.116. The van der Waals surface area contributed by atoms with Crippen molar-refractivity contribution in [1.82, 2.24) is 0 Å². The summed E-state index contributed by atoms with van der Waals surface area (Å²) >= 11 is 7.17. The summed E-state index contributed by atoms with van der Waals surface area (Å²) in [6.45, 7) is 0. The molecule has 6 heteroatoms. The Morgan fingerprint density at radius 2 is 1.68 bits per heavy atom. The highest BCUT2D eigenvalue weighted by molar-refractivity contribution is 8.00. The Morgan fingerprint density at radius 3 is 2.27 bits per heavy atom. The molecule has 2 amide bonds. The first kappa shape index (κ1) is 16.4. The van der Waals surface area contributed by atoms with E-state index in [1.54, 1.807) is 24.3 Å². The largest absolute Gasteiger partial charge is 0.369 e. The molecule has 0 aromatic heterocycles. The van der Waals surface area contributed by atoms with E-state index in [-0.39, 0.29) is 24.0 Å². The third-order valence-corrected chi connectivity index (χ3v) is 4.08. The zero-order valence-electron chi connectivity index (χ0n) is 11.7. The average Bonchev–Trinajstić information content (AvgIpc) is 2.49. The molecule has 0 aliphatic carbocycles. The maximum atomic E-state index is 12.0. The highest BCUT2D eigenvalue weighted by Gasteiger charge is 2.05. The quantitative estimate of drug-likeness (QED) is 0.797. The number of thioether (sulfide) groups is 1. The van der Waals surface area contributed by atoms with Gasteiger partial charge >= 0.3 is 0 Å². The van der Waals surface area contributed by atoms with Gasteiger partial charge in [-0.15, -0.1) is 11.8 Å². The van der Waals surface area contributed by atoms with Gasteiger partial charge in [0, 0.05) is 15.6 Å². The van der Waals surface area contributed by atoms with Gasteiger partial charge in [0.2, 0.25) is 11.8 Å². The van der Waals surface area contributed by atoms with E-state index < -0.39 is 0 Å². The molecule has 0 aliphatic rings. The van der Waals surface area contributed by atoms with Crippen LogP contribution in [0.3, 0.4) is 0 Å². The summed E-state index contributed by atoms with van der Waals surface area (Å²) in [4.78, 5) is 23.6. The Morgan fingerprint density at radius 1 is 1.05 bits per heavy atom. The van der Waals surface area contributed by atoms with E-state index in [0.29, 0.717) is 10.7 Å². The highest BCUT2D eigenvalue weighted by atomic mass is 35.5. The third-order valence-electron chi connectivity index (χ3n) is 2.80. The molecule has 0 bridgehead atoms. The number of benzene rings is 2. The number of hydrogen-bond acceptors (Lipinski definition) is 3. The highest BCUT2D eigenvalue weighted by Crippen LogP contribution is 2.20. The minimum absolute atomic E-state index is 0.0974. The summed E-state index contributed by atoms with van der Waals surface area (Å²) in [6, 6.07) is 14.4. The summed E-state index contributed by atoms with van der Waals surface area (Å²) < 4.78 is 0. The smallest absolute Gasteiger partial charge is 0.228 e. The molecule has 114 valence electrons. The van der Waals surface area contributed by atoms with Crippen molar-refractivity contribution in [3.8, 4) is 0 Å². The molecule has 0 unspecified atom stereocenters. The molecule has 2 aromatic carbocycles. The van der Waals surface area contributed by atoms with E-state index >= 15 is 0 Å². The Balaban J connectivity index is 1.88. The van der Waals surface area contributed by atoms with Crippen LogP contribution in [0.4, 0.5) is 5.69 Å². The van der Waals surface area contributed by atoms with Crippen LogP contribution < -0.4 is 11.1 Å². The maximum Gasteiger partial charge on any atom is 0.228 e. The number of primary amides is 1. The minimum Gasteiger partial charge on any atom is -0.369 e. The molecule has 0 saturated heterocycles. The molecule has 2 aromatic rings. The Bertz CT molecular complexity index is 657. The van der Waals surface area contributed by atoms with Crippen molar-refractivity contribution in [3.05, 3.63) is 59.1 Å². The van der Waals surface area contributed by atoms with Gasteiger partial charge in [-0.3, -0.25) is 9.59 Å². The van der Waals surface area contributed by atoms with Crippen molar-refractivity contribution < 1.29 is 9.59 Å². The first-order valence-corrected chi connectivity index (χ1v) is 7.95. The monoisotopic (exact) mass is 334 g/mol. The number of nitrogens with one attached hydrogen (secondary N) is 1. The van der Waals surface area contributed by atoms with Crippen molar-refractivity contribution in [2.24, 2.45) is 5.73 Å². The van der Waals surface area contributed by atoms with Gasteiger partial charge in [0.15, 0.2) is 0 Å². The molecule has 2 rings (SSSR count). The first-order chi connectivity index (χ1) is 10.5. The Hall–Kier alpha value is -1.98. The molecular formula is C16H15ClN2O2S. The number of amides is 2. The molecule has 0 aliphatic heterocycles. The summed E-state index contributed by atoms with van der Waals surface area (Å²) in [5.74, 6) is -0.215. The van der Waals surface area contributed by atoms with Crippen LogP contribution in [0.2, 0.25) is 5.02 Å². The van der Waals surface area contributed by atoms with E-state index in [2.05, 4.69) is 5.32 Å². The number of rotatable bonds is 6. The minimum atomic E-state index is -0.356. The van der Waals surface area contributed by atoms with E-state index in [1.165, 1.54) is 11.8 Å². The van der Waals surface area contributed by atoms with Crippen LogP contribution in [0.15, 0.2) is 53.4 Å².